The Balaban J connectivity index is 1.62. The summed E-state index contributed by atoms with van der Waals surface area (Å²) in [6, 6.07) is 18.5. The number of hydrogen-bond donors (Lipinski definition) is 1. The monoisotopic (exact) mass is 331 g/mol. The van der Waals surface area contributed by atoms with Crippen molar-refractivity contribution in [2.24, 2.45) is 7.05 Å². The van der Waals surface area contributed by atoms with Gasteiger partial charge in [-0.15, -0.1) is 0 Å². The smallest absolute Gasteiger partial charge is 0.244 e. The molecule has 4 heteroatoms. The molecule has 0 aliphatic rings. The van der Waals surface area contributed by atoms with Gasteiger partial charge in [-0.1, -0.05) is 54.6 Å². The van der Waals surface area contributed by atoms with E-state index < -0.39 is 0 Å². The lowest BCUT2D eigenvalue weighted by molar-refractivity contribution is -0.117. The molecule has 0 aliphatic carbocycles. The van der Waals surface area contributed by atoms with Crippen molar-refractivity contribution in [1.29, 1.82) is 0 Å². The number of nitrogens with one attached hydrogen (secondary N) is 1. The van der Waals surface area contributed by atoms with Gasteiger partial charge in [0.2, 0.25) is 5.91 Å². The molecule has 0 saturated carbocycles. The van der Waals surface area contributed by atoms with Crippen molar-refractivity contribution in [2.75, 3.05) is 0 Å². The van der Waals surface area contributed by atoms with Gasteiger partial charge in [-0.25, -0.2) is 0 Å². The van der Waals surface area contributed by atoms with Crippen LogP contribution in [-0.4, -0.2) is 15.7 Å². The third-order valence-corrected chi connectivity index (χ3v) is 4.03. The average molecular weight is 331 g/mol. The first-order valence-electron chi connectivity index (χ1n) is 8.24. The Morgan fingerprint density at radius 3 is 2.40 bits per heavy atom. The zero-order chi connectivity index (χ0) is 17.6. The van der Waals surface area contributed by atoms with Crippen LogP contribution in [0, 0.1) is 0 Å². The molecule has 1 amide bonds. The standard InChI is InChI=1S/C21H21N3O/c1-16(23-21(25)13-8-17-14-22-24(2)15-17)18-9-11-20(12-10-18)19-6-4-3-5-7-19/h3-16H,1-2H3,(H,23,25)/b13-8+/t16-/m0/s1. The normalized spacial score (nSPS) is 12.2. The molecule has 0 unspecified atom stereocenters. The van der Waals surface area contributed by atoms with Crippen LogP contribution in [0.3, 0.4) is 0 Å². The van der Waals surface area contributed by atoms with Crippen molar-refractivity contribution in [1.82, 2.24) is 15.1 Å². The summed E-state index contributed by atoms with van der Waals surface area (Å²) in [6.07, 6.45) is 6.87. The Kier molecular flexibility index (Phi) is 5.09. The molecule has 0 aliphatic heterocycles. The van der Waals surface area contributed by atoms with E-state index in [-0.39, 0.29) is 11.9 Å². The van der Waals surface area contributed by atoms with E-state index in [9.17, 15) is 4.79 Å². The Hall–Kier alpha value is -3.14. The van der Waals surface area contributed by atoms with Crippen molar-refractivity contribution in [2.45, 2.75) is 13.0 Å². The predicted octanol–water partition coefficient (Wildman–Crippen LogP) is 3.98. The fraction of sp³-hybridized carbons (Fsp3) is 0.143. The molecule has 1 heterocycles. The van der Waals surface area contributed by atoms with Gasteiger partial charge in [0.15, 0.2) is 0 Å². The fourth-order valence-corrected chi connectivity index (χ4v) is 2.64. The van der Waals surface area contributed by atoms with E-state index in [0.717, 1.165) is 11.1 Å². The van der Waals surface area contributed by atoms with Crippen LogP contribution >= 0.6 is 0 Å². The van der Waals surface area contributed by atoms with E-state index in [1.807, 2.05) is 38.4 Å². The van der Waals surface area contributed by atoms with Crippen LogP contribution in [0.5, 0.6) is 0 Å². The molecule has 0 saturated heterocycles. The molecule has 1 atom stereocenters. The lowest BCUT2D eigenvalue weighted by atomic mass is 10.0. The molecule has 25 heavy (non-hydrogen) atoms. The highest BCUT2D eigenvalue weighted by Crippen LogP contribution is 2.21. The molecule has 3 aromatic rings. The summed E-state index contributed by atoms with van der Waals surface area (Å²) < 4.78 is 1.70. The molecule has 1 aromatic heterocycles. The van der Waals surface area contributed by atoms with Gasteiger partial charge < -0.3 is 5.32 Å². The van der Waals surface area contributed by atoms with E-state index in [1.165, 1.54) is 17.2 Å². The first kappa shape index (κ1) is 16.7. The second kappa shape index (κ2) is 7.62. The van der Waals surface area contributed by atoms with E-state index in [2.05, 4.69) is 46.8 Å². The fourth-order valence-electron chi connectivity index (χ4n) is 2.64. The van der Waals surface area contributed by atoms with E-state index in [0.29, 0.717) is 0 Å². The molecule has 0 fully saturated rings. The minimum absolute atomic E-state index is 0.0594. The van der Waals surface area contributed by atoms with Gasteiger partial charge in [0.05, 0.1) is 12.2 Å². The number of amides is 1. The largest absolute Gasteiger partial charge is 0.346 e. The lowest BCUT2D eigenvalue weighted by Gasteiger charge is -2.13. The summed E-state index contributed by atoms with van der Waals surface area (Å²) in [5.41, 5.74) is 4.32. The first-order valence-corrected chi connectivity index (χ1v) is 8.24. The SMILES string of the molecule is C[C@H](NC(=O)/C=C/c1cnn(C)c1)c1ccc(-c2ccccc2)cc1. The van der Waals surface area contributed by atoms with Crippen LogP contribution in [0.2, 0.25) is 0 Å². The summed E-state index contributed by atoms with van der Waals surface area (Å²) in [4.78, 5) is 12.1. The average Bonchev–Trinajstić information content (AvgIpc) is 3.06. The van der Waals surface area contributed by atoms with Crippen LogP contribution in [0.1, 0.15) is 24.1 Å². The molecule has 3 rings (SSSR count). The summed E-state index contributed by atoms with van der Waals surface area (Å²) >= 11 is 0. The number of hydrogen-bond acceptors (Lipinski definition) is 2. The molecule has 0 radical (unpaired) electrons. The maximum Gasteiger partial charge on any atom is 0.244 e. The van der Waals surface area contributed by atoms with Gasteiger partial charge in [-0.2, -0.15) is 5.10 Å². The summed E-state index contributed by atoms with van der Waals surface area (Å²) in [5, 5.41) is 7.05. The lowest BCUT2D eigenvalue weighted by Crippen LogP contribution is -2.24. The van der Waals surface area contributed by atoms with E-state index in [4.69, 9.17) is 0 Å². The van der Waals surface area contributed by atoms with Crippen molar-refractivity contribution in [3.05, 3.63) is 84.2 Å². The second-order valence-electron chi connectivity index (χ2n) is 6.00. The Labute approximate surface area is 147 Å². The number of nitrogens with zero attached hydrogens (tertiary/aromatic N) is 2. The van der Waals surface area contributed by atoms with Gasteiger partial charge >= 0.3 is 0 Å². The van der Waals surface area contributed by atoms with E-state index in [1.54, 1.807) is 17.0 Å². The predicted molar refractivity (Wildman–Crippen MR) is 101 cm³/mol. The molecular formula is C21H21N3O. The number of carbonyl (C=O) groups is 1. The number of carbonyl (C=O) groups excluding carboxylic acids is 1. The Morgan fingerprint density at radius 1 is 1.08 bits per heavy atom. The van der Waals surface area contributed by atoms with Gasteiger partial charge in [-0.3, -0.25) is 9.48 Å². The second-order valence-corrected chi connectivity index (χ2v) is 6.00. The van der Waals surface area contributed by atoms with Crippen molar-refractivity contribution < 1.29 is 4.79 Å². The zero-order valence-electron chi connectivity index (χ0n) is 14.4. The van der Waals surface area contributed by atoms with Crippen LogP contribution in [0.25, 0.3) is 17.2 Å². The third kappa shape index (κ3) is 4.44. The molecule has 4 nitrogen and oxygen atoms in total. The van der Waals surface area contributed by atoms with Crippen molar-refractivity contribution >= 4 is 12.0 Å². The topological polar surface area (TPSA) is 46.9 Å². The number of aromatic nitrogens is 2. The summed E-state index contributed by atoms with van der Waals surface area (Å²) in [5.74, 6) is -0.122. The third-order valence-electron chi connectivity index (χ3n) is 4.03. The molecular weight excluding hydrogens is 310 g/mol. The Bertz CT molecular complexity index is 864. The maximum absolute atomic E-state index is 12.1. The van der Waals surface area contributed by atoms with Crippen LogP contribution < -0.4 is 5.32 Å². The zero-order valence-corrected chi connectivity index (χ0v) is 14.4. The first-order chi connectivity index (χ1) is 12.1. The van der Waals surface area contributed by atoms with Gasteiger partial charge in [0, 0.05) is 24.9 Å². The highest BCUT2D eigenvalue weighted by molar-refractivity contribution is 5.91. The Morgan fingerprint density at radius 2 is 1.76 bits per heavy atom. The van der Waals surface area contributed by atoms with Crippen LogP contribution in [0.4, 0.5) is 0 Å². The minimum atomic E-state index is -0.122. The molecule has 0 spiro atoms. The minimum Gasteiger partial charge on any atom is -0.346 e. The van der Waals surface area contributed by atoms with Gasteiger partial charge in [0.1, 0.15) is 0 Å². The highest BCUT2D eigenvalue weighted by Gasteiger charge is 2.08. The highest BCUT2D eigenvalue weighted by atomic mass is 16.1. The van der Waals surface area contributed by atoms with Gasteiger partial charge in [0.25, 0.3) is 0 Å². The summed E-state index contributed by atoms with van der Waals surface area (Å²) in [6.45, 7) is 1.98. The molecule has 0 bridgehead atoms. The number of benzene rings is 2. The molecule has 126 valence electrons. The van der Waals surface area contributed by atoms with E-state index >= 15 is 0 Å². The number of aryl methyl sites for hydroxylation is 1. The summed E-state index contributed by atoms with van der Waals surface area (Å²) in [7, 11) is 1.85. The molecule has 2 aromatic carbocycles. The van der Waals surface area contributed by atoms with Crippen molar-refractivity contribution in [3.63, 3.8) is 0 Å². The van der Waals surface area contributed by atoms with Crippen molar-refractivity contribution in [3.8, 4) is 11.1 Å². The quantitative estimate of drug-likeness (QED) is 0.719. The van der Waals surface area contributed by atoms with Gasteiger partial charge in [-0.05, 0) is 29.7 Å². The van der Waals surface area contributed by atoms with Crippen LogP contribution in [0.15, 0.2) is 73.1 Å². The molecule has 1 N–H and O–H groups in total. The maximum atomic E-state index is 12.1. The number of rotatable bonds is 5. The van der Waals surface area contributed by atoms with Crippen LogP contribution in [-0.2, 0) is 11.8 Å².